The normalized spacial score (nSPS) is 17.4. The molecule has 112 valence electrons. The molecule has 0 atom stereocenters. The van der Waals surface area contributed by atoms with Crippen LogP contribution in [0.15, 0.2) is 16.3 Å². The molecular formula is C12H18N2O4S2. The Bertz CT molecular complexity index is 574. The fraction of sp³-hybridized carbons (Fsp3) is 0.583. The molecule has 1 aromatic rings. The molecule has 0 aromatic carbocycles. The van der Waals surface area contributed by atoms with Crippen molar-refractivity contribution in [2.24, 2.45) is 0 Å². The molecule has 0 aliphatic carbocycles. The van der Waals surface area contributed by atoms with Gasteiger partial charge in [0, 0.05) is 24.5 Å². The second-order valence-electron chi connectivity index (χ2n) is 4.79. The van der Waals surface area contributed by atoms with Gasteiger partial charge in [0.15, 0.2) is 0 Å². The standard InChI is InChI=1S/C12H18N2O4S2/c1-9(2)13-12(15)11-7-10(8-19-11)20(16,17)14-3-5-18-6-4-14/h7-9H,3-6H2,1-2H3,(H,13,15). The molecule has 1 aliphatic heterocycles. The van der Waals surface area contributed by atoms with Crippen molar-refractivity contribution in [2.75, 3.05) is 26.3 Å². The van der Waals surface area contributed by atoms with Crippen LogP contribution in [0.4, 0.5) is 0 Å². The van der Waals surface area contributed by atoms with E-state index in [1.165, 1.54) is 15.8 Å². The van der Waals surface area contributed by atoms with Crippen LogP contribution in [0.1, 0.15) is 23.5 Å². The lowest BCUT2D eigenvalue weighted by Crippen LogP contribution is -2.40. The van der Waals surface area contributed by atoms with Gasteiger partial charge in [-0.25, -0.2) is 8.42 Å². The number of hydrogen-bond donors (Lipinski definition) is 1. The van der Waals surface area contributed by atoms with Gasteiger partial charge in [-0.05, 0) is 19.9 Å². The number of ether oxygens (including phenoxy) is 1. The minimum atomic E-state index is -3.52. The minimum absolute atomic E-state index is 0.0175. The zero-order valence-corrected chi connectivity index (χ0v) is 13.1. The summed E-state index contributed by atoms with van der Waals surface area (Å²) in [6.45, 7) is 5.24. The van der Waals surface area contributed by atoms with Crippen LogP contribution >= 0.6 is 11.3 Å². The Morgan fingerprint density at radius 2 is 2.05 bits per heavy atom. The van der Waals surface area contributed by atoms with Gasteiger partial charge in [0.05, 0.1) is 23.0 Å². The third kappa shape index (κ3) is 3.38. The highest BCUT2D eigenvalue weighted by atomic mass is 32.2. The Morgan fingerprint density at radius 1 is 1.40 bits per heavy atom. The average molecular weight is 318 g/mol. The lowest BCUT2D eigenvalue weighted by atomic mass is 10.3. The summed E-state index contributed by atoms with van der Waals surface area (Å²) in [6.07, 6.45) is 0. The van der Waals surface area contributed by atoms with Crippen LogP contribution in [0.5, 0.6) is 0 Å². The largest absolute Gasteiger partial charge is 0.379 e. The van der Waals surface area contributed by atoms with Crippen molar-refractivity contribution < 1.29 is 17.9 Å². The van der Waals surface area contributed by atoms with Crippen LogP contribution in [0.2, 0.25) is 0 Å². The monoisotopic (exact) mass is 318 g/mol. The van der Waals surface area contributed by atoms with Gasteiger partial charge in [-0.2, -0.15) is 4.31 Å². The smallest absolute Gasteiger partial charge is 0.261 e. The maximum absolute atomic E-state index is 12.4. The Morgan fingerprint density at radius 3 is 2.65 bits per heavy atom. The summed E-state index contributed by atoms with van der Waals surface area (Å²) in [7, 11) is -3.52. The molecule has 8 heteroatoms. The summed E-state index contributed by atoms with van der Waals surface area (Å²) >= 11 is 1.14. The number of hydrogen-bond acceptors (Lipinski definition) is 5. The zero-order chi connectivity index (χ0) is 14.8. The van der Waals surface area contributed by atoms with Crippen LogP contribution in [0, 0.1) is 0 Å². The number of nitrogens with one attached hydrogen (secondary N) is 1. The quantitative estimate of drug-likeness (QED) is 0.895. The molecule has 1 fully saturated rings. The lowest BCUT2D eigenvalue weighted by Gasteiger charge is -2.25. The molecule has 1 aliphatic rings. The number of carbonyl (C=O) groups excluding carboxylic acids is 1. The molecule has 1 N–H and O–H groups in total. The molecular weight excluding hydrogens is 300 g/mol. The van der Waals surface area contributed by atoms with E-state index >= 15 is 0 Å². The van der Waals surface area contributed by atoms with E-state index in [-0.39, 0.29) is 16.8 Å². The van der Waals surface area contributed by atoms with Crippen LogP contribution in [0.3, 0.4) is 0 Å². The second-order valence-corrected chi connectivity index (χ2v) is 7.64. The first kappa shape index (κ1) is 15.4. The predicted octanol–water partition coefficient (Wildman–Crippen LogP) is 0.907. The fourth-order valence-corrected chi connectivity index (χ4v) is 4.41. The number of morpholine rings is 1. The summed E-state index contributed by atoms with van der Waals surface area (Å²) in [5, 5.41) is 4.26. The first-order valence-corrected chi connectivity index (χ1v) is 8.70. The number of nitrogens with zero attached hydrogens (tertiary/aromatic N) is 1. The SMILES string of the molecule is CC(C)NC(=O)c1cc(S(=O)(=O)N2CCOCC2)cs1. The third-order valence-corrected chi connectivity index (χ3v) is 5.78. The Balaban J connectivity index is 2.17. The summed E-state index contributed by atoms with van der Waals surface area (Å²) in [5.74, 6) is -0.242. The van der Waals surface area contributed by atoms with Gasteiger partial charge in [0.1, 0.15) is 0 Å². The maximum Gasteiger partial charge on any atom is 0.261 e. The molecule has 0 radical (unpaired) electrons. The topological polar surface area (TPSA) is 75.7 Å². The van der Waals surface area contributed by atoms with E-state index in [1.54, 1.807) is 0 Å². The molecule has 1 saturated heterocycles. The number of carbonyl (C=O) groups is 1. The second kappa shape index (κ2) is 6.21. The van der Waals surface area contributed by atoms with Gasteiger partial charge >= 0.3 is 0 Å². The number of amides is 1. The average Bonchev–Trinajstić information content (AvgIpc) is 2.89. The van der Waals surface area contributed by atoms with Crippen molar-refractivity contribution in [1.82, 2.24) is 9.62 Å². The van der Waals surface area contributed by atoms with Gasteiger partial charge in [-0.15, -0.1) is 11.3 Å². The van der Waals surface area contributed by atoms with Gasteiger partial charge in [-0.1, -0.05) is 0 Å². The minimum Gasteiger partial charge on any atom is -0.379 e. The molecule has 0 spiro atoms. The zero-order valence-electron chi connectivity index (χ0n) is 11.5. The Labute approximate surface area is 122 Å². The van der Waals surface area contributed by atoms with Gasteiger partial charge in [0.25, 0.3) is 5.91 Å². The molecule has 1 amide bonds. The van der Waals surface area contributed by atoms with Crippen molar-refractivity contribution in [1.29, 1.82) is 0 Å². The van der Waals surface area contributed by atoms with E-state index < -0.39 is 10.0 Å². The summed E-state index contributed by atoms with van der Waals surface area (Å²) in [5.41, 5.74) is 0. The summed E-state index contributed by atoms with van der Waals surface area (Å²) in [6, 6.07) is 1.46. The summed E-state index contributed by atoms with van der Waals surface area (Å²) < 4.78 is 31.3. The molecule has 6 nitrogen and oxygen atoms in total. The van der Waals surface area contributed by atoms with Crippen molar-refractivity contribution in [3.05, 3.63) is 16.3 Å². The van der Waals surface area contributed by atoms with E-state index in [4.69, 9.17) is 4.74 Å². The Hall–Kier alpha value is -0.960. The van der Waals surface area contributed by atoms with Gasteiger partial charge in [0.2, 0.25) is 10.0 Å². The highest BCUT2D eigenvalue weighted by Crippen LogP contribution is 2.23. The molecule has 0 unspecified atom stereocenters. The highest BCUT2D eigenvalue weighted by Gasteiger charge is 2.28. The molecule has 20 heavy (non-hydrogen) atoms. The van der Waals surface area contributed by atoms with Crippen molar-refractivity contribution in [3.63, 3.8) is 0 Å². The van der Waals surface area contributed by atoms with Gasteiger partial charge < -0.3 is 10.1 Å². The molecule has 1 aromatic heterocycles. The van der Waals surface area contributed by atoms with E-state index in [0.717, 1.165) is 11.3 Å². The number of thiophene rings is 1. The predicted molar refractivity (Wildman–Crippen MR) is 76.5 cm³/mol. The molecule has 2 heterocycles. The lowest BCUT2D eigenvalue weighted by molar-refractivity contribution is 0.0730. The van der Waals surface area contributed by atoms with Crippen LogP contribution in [-0.2, 0) is 14.8 Å². The molecule has 0 bridgehead atoms. The highest BCUT2D eigenvalue weighted by molar-refractivity contribution is 7.89. The van der Waals surface area contributed by atoms with Crippen LogP contribution in [0.25, 0.3) is 0 Å². The van der Waals surface area contributed by atoms with Crippen molar-refractivity contribution >= 4 is 27.3 Å². The third-order valence-electron chi connectivity index (χ3n) is 2.83. The summed E-state index contributed by atoms with van der Waals surface area (Å²) in [4.78, 5) is 12.4. The fourth-order valence-electron chi connectivity index (χ4n) is 1.84. The Kier molecular flexibility index (Phi) is 4.79. The van der Waals surface area contributed by atoms with Crippen LogP contribution < -0.4 is 5.32 Å². The van der Waals surface area contributed by atoms with Crippen molar-refractivity contribution in [3.8, 4) is 0 Å². The maximum atomic E-state index is 12.4. The van der Waals surface area contributed by atoms with E-state index in [2.05, 4.69) is 5.32 Å². The van der Waals surface area contributed by atoms with E-state index in [0.29, 0.717) is 31.2 Å². The first-order chi connectivity index (χ1) is 9.41. The molecule has 0 saturated carbocycles. The van der Waals surface area contributed by atoms with Crippen molar-refractivity contribution in [2.45, 2.75) is 24.8 Å². The number of sulfonamides is 1. The first-order valence-electron chi connectivity index (χ1n) is 6.38. The number of rotatable bonds is 4. The van der Waals surface area contributed by atoms with Gasteiger partial charge in [-0.3, -0.25) is 4.79 Å². The van der Waals surface area contributed by atoms with E-state index in [9.17, 15) is 13.2 Å². The van der Waals surface area contributed by atoms with Crippen LogP contribution in [-0.4, -0.2) is 51.0 Å². The molecule has 2 rings (SSSR count). The van der Waals surface area contributed by atoms with E-state index in [1.807, 2.05) is 13.8 Å².